The molecule has 3 rings (SSSR count). The maximum absolute atomic E-state index is 5.41. The van der Waals surface area contributed by atoms with E-state index in [2.05, 4.69) is 32.7 Å². The summed E-state index contributed by atoms with van der Waals surface area (Å²) in [7, 11) is 7.00. The van der Waals surface area contributed by atoms with Crippen LogP contribution in [0.15, 0.2) is 23.2 Å². The molecule has 29 heavy (non-hydrogen) atoms. The van der Waals surface area contributed by atoms with E-state index in [4.69, 9.17) is 14.2 Å². The van der Waals surface area contributed by atoms with E-state index in [9.17, 15) is 0 Å². The van der Waals surface area contributed by atoms with Crippen LogP contribution < -0.4 is 25.0 Å². The number of piperidine rings is 1. The second-order valence-corrected chi connectivity index (χ2v) is 8.15. The smallest absolute Gasteiger partial charge is 0.191 e. The highest BCUT2D eigenvalue weighted by Gasteiger charge is 2.42. The minimum atomic E-state index is 0.405. The third kappa shape index (κ3) is 5.92. The Balaban J connectivity index is 1.48. The van der Waals surface area contributed by atoms with Crippen molar-refractivity contribution in [2.45, 2.75) is 38.1 Å². The number of guanidine groups is 1. The molecule has 1 aliphatic heterocycles. The number of hydrogen-bond donors (Lipinski definition) is 2. The van der Waals surface area contributed by atoms with E-state index in [1.54, 1.807) is 21.3 Å². The molecule has 0 bridgehead atoms. The second kappa shape index (κ2) is 10.1. The first-order valence-electron chi connectivity index (χ1n) is 10.6. The summed E-state index contributed by atoms with van der Waals surface area (Å²) in [5.41, 5.74) is 1.55. The summed E-state index contributed by atoms with van der Waals surface area (Å²) in [6.45, 7) is 3.78. The van der Waals surface area contributed by atoms with Crippen LogP contribution in [-0.4, -0.2) is 66.6 Å². The fraction of sp³-hybridized carbons (Fsp3) is 0.682. The van der Waals surface area contributed by atoms with Gasteiger partial charge in [-0.05, 0) is 37.5 Å². The van der Waals surface area contributed by atoms with E-state index in [0.29, 0.717) is 11.5 Å². The highest BCUT2D eigenvalue weighted by Crippen LogP contribution is 2.48. The van der Waals surface area contributed by atoms with Crippen molar-refractivity contribution in [1.82, 2.24) is 10.6 Å². The molecule has 7 nitrogen and oxygen atoms in total. The van der Waals surface area contributed by atoms with Crippen LogP contribution in [0.3, 0.4) is 0 Å². The molecule has 1 aliphatic carbocycles. The summed E-state index contributed by atoms with van der Waals surface area (Å²) >= 11 is 0. The minimum Gasteiger partial charge on any atom is -0.497 e. The standard InChI is InChI=1S/C22H36N4O3/c1-23-21(24-16-22(7-8-22)9-12-27-2)25-17-5-10-26(11-6-17)18-13-19(28-3)15-20(14-18)29-4/h13-15,17H,5-12,16H2,1-4H3,(H2,23,24,25). The second-order valence-electron chi connectivity index (χ2n) is 8.15. The summed E-state index contributed by atoms with van der Waals surface area (Å²) in [4.78, 5) is 6.82. The Morgan fingerprint density at radius 2 is 1.76 bits per heavy atom. The average Bonchev–Trinajstić information content (AvgIpc) is 3.55. The van der Waals surface area contributed by atoms with Crippen LogP contribution in [-0.2, 0) is 4.74 Å². The Bertz CT molecular complexity index is 660. The van der Waals surface area contributed by atoms with E-state index in [-0.39, 0.29) is 0 Å². The lowest BCUT2D eigenvalue weighted by molar-refractivity contribution is 0.172. The number of benzene rings is 1. The highest BCUT2D eigenvalue weighted by molar-refractivity contribution is 5.80. The molecule has 0 spiro atoms. The van der Waals surface area contributed by atoms with Gasteiger partial charge in [0, 0.05) is 70.3 Å². The van der Waals surface area contributed by atoms with Crippen LogP contribution in [0.4, 0.5) is 5.69 Å². The molecular weight excluding hydrogens is 368 g/mol. The van der Waals surface area contributed by atoms with Crippen LogP contribution in [0, 0.1) is 5.41 Å². The SMILES string of the molecule is CN=C(NCC1(CCOC)CC1)NC1CCN(c2cc(OC)cc(OC)c2)CC1. The van der Waals surface area contributed by atoms with Gasteiger partial charge in [0.25, 0.3) is 0 Å². The summed E-state index contributed by atoms with van der Waals surface area (Å²) in [6.07, 6.45) is 5.81. The minimum absolute atomic E-state index is 0.405. The Hall–Kier alpha value is -2.15. The average molecular weight is 405 g/mol. The number of nitrogens with zero attached hydrogens (tertiary/aromatic N) is 2. The van der Waals surface area contributed by atoms with Gasteiger partial charge in [0.15, 0.2) is 5.96 Å². The number of hydrogen-bond acceptors (Lipinski definition) is 5. The van der Waals surface area contributed by atoms with Crippen molar-refractivity contribution in [2.24, 2.45) is 10.4 Å². The molecule has 1 aromatic rings. The molecule has 2 N–H and O–H groups in total. The Morgan fingerprint density at radius 3 is 2.28 bits per heavy atom. The molecule has 0 unspecified atom stereocenters. The van der Waals surface area contributed by atoms with Crippen LogP contribution in [0.2, 0.25) is 0 Å². The first-order valence-corrected chi connectivity index (χ1v) is 10.6. The number of nitrogens with one attached hydrogen (secondary N) is 2. The molecule has 162 valence electrons. The number of anilines is 1. The maximum Gasteiger partial charge on any atom is 0.191 e. The lowest BCUT2D eigenvalue weighted by atomic mass is 10.0. The van der Waals surface area contributed by atoms with Gasteiger partial charge in [-0.1, -0.05) is 0 Å². The van der Waals surface area contributed by atoms with Crippen molar-refractivity contribution in [3.8, 4) is 11.5 Å². The predicted octanol–water partition coefficient (Wildman–Crippen LogP) is 2.65. The molecule has 0 radical (unpaired) electrons. The van der Waals surface area contributed by atoms with Crippen molar-refractivity contribution in [2.75, 3.05) is 59.5 Å². The van der Waals surface area contributed by atoms with Gasteiger partial charge in [-0.25, -0.2) is 0 Å². The van der Waals surface area contributed by atoms with E-state index in [1.165, 1.54) is 12.8 Å². The summed E-state index contributed by atoms with van der Waals surface area (Å²) in [5.74, 6) is 2.56. The monoisotopic (exact) mass is 404 g/mol. The van der Waals surface area contributed by atoms with Crippen LogP contribution in [0.25, 0.3) is 0 Å². The first-order chi connectivity index (χ1) is 14.1. The third-order valence-corrected chi connectivity index (χ3v) is 6.19. The van der Waals surface area contributed by atoms with Gasteiger partial charge in [0.2, 0.25) is 0 Å². The largest absolute Gasteiger partial charge is 0.497 e. The zero-order valence-corrected chi connectivity index (χ0v) is 18.3. The van der Waals surface area contributed by atoms with Gasteiger partial charge in [0.05, 0.1) is 14.2 Å². The van der Waals surface area contributed by atoms with Crippen molar-refractivity contribution in [3.63, 3.8) is 0 Å². The van der Waals surface area contributed by atoms with Gasteiger partial charge in [-0.2, -0.15) is 0 Å². The fourth-order valence-corrected chi connectivity index (χ4v) is 3.93. The highest BCUT2D eigenvalue weighted by atomic mass is 16.5. The van der Waals surface area contributed by atoms with E-state index < -0.39 is 0 Å². The summed E-state index contributed by atoms with van der Waals surface area (Å²) in [6, 6.07) is 6.49. The molecule has 2 fully saturated rings. The number of methoxy groups -OCH3 is 3. The number of aliphatic imine (C=N–C) groups is 1. The van der Waals surface area contributed by atoms with E-state index in [0.717, 1.165) is 68.6 Å². The topological polar surface area (TPSA) is 67.4 Å². The number of rotatable bonds is 9. The lowest BCUT2D eigenvalue weighted by Crippen LogP contribution is -2.49. The normalized spacial score (nSPS) is 19.0. The van der Waals surface area contributed by atoms with Crippen molar-refractivity contribution in [3.05, 3.63) is 18.2 Å². The van der Waals surface area contributed by atoms with Gasteiger partial charge in [-0.15, -0.1) is 0 Å². The molecule has 1 saturated carbocycles. The molecular formula is C22H36N4O3. The maximum atomic E-state index is 5.41. The predicted molar refractivity (Wildman–Crippen MR) is 117 cm³/mol. The molecule has 1 saturated heterocycles. The van der Waals surface area contributed by atoms with Crippen LogP contribution >= 0.6 is 0 Å². The lowest BCUT2D eigenvalue weighted by Gasteiger charge is -2.35. The Labute approximate surface area is 174 Å². The third-order valence-electron chi connectivity index (χ3n) is 6.19. The van der Waals surface area contributed by atoms with E-state index >= 15 is 0 Å². The molecule has 1 heterocycles. The molecule has 0 aromatic heterocycles. The number of ether oxygens (including phenoxy) is 3. The summed E-state index contributed by atoms with van der Waals surface area (Å²) < 4.78 is 16.1. The molecule has 2 aliphatic rings. The molecule has 0 amide bonds. The van der Waals surface area contributed by atoms with Gasteiger partial charge in [-0.3, -0.25) is 4.99 Å². The van der Waals surface area contributed by atoms with Crippen molar-refractivity contribution < 1.29 is 14.2 Å². The van der Waals surface area contributed by atoms with Gasteiger partial charge >= 0.3 is 0 Å². The molecule has 0 atom stereocenters. The molecule has 1 aromatic carbocycles. The molecule has 7 heteroatoms. The van der Waals surface area contributed by atoms with Crippen LogP contribution in [0.5, 0.6) is 11.5 Å². The zero-order chi connectivity index (χ0) is 20.7. The van der Waals surface area contributed by atoms with Crippen LogP contribution in [0.1, 0.15) is 32.1 Å². The van der Waals surface area contributed by atoms with Crippen molar-refractivity contribution in [1.29, 1.82) is 0 Å². The fourth-order valence-electron chi connectivity index (χ4n) is 3.93. The van der Waals surface area contributed by atoms with Gasteiger partial charge < -0.3 is 29.7 Å². The first kappa shape index (κ1) is 21.6. The summed E-state index contributed by atoms with van der Waals surface area (Å²) in [5, 5.41) is 7.15. The Kier molecular flexibility index (Phi) is 7.47. The zero-order valence-electron chi connectivity index (χ0n) is 18.3. The van der Waals surface area contributed by atoms with E-state index in [1.807, 2.05) is 13.1 Å². The quantitative estimate of drug-likeness (QED) is 0.487. The Morgan fingerprint density at radius 1 is 1.10 bits per heavy atom. The van der Waals surface area contributed by atoms with Crippen molar-refractivity contribution >= 4 is 11.6 Å². The van der Waals surface area contributed by atoms with Gasteiger partial charge in [0.1, 0.15) is 11.5 Å².